The van der Waals surface area contributed by atoms with Crippen molar-refractivity contribution in [1.29, 1.82) is 5.26 Å². The number of nitriles is 1. The predicted molar refractivity (Wildman–Crippen MR) is 81.7 cm³/mol. The molecule has 1 saturated heterocycles. The maximum absolute atomic E-state index is 13.0. The molecule has 9 heteroatoms. The SMILES string of the molecule is C/C=C\[C@H](O)[C@@H]1CCN(c2ccc(C#N)c(C(F)(F)F)c2)S1(=O)=O. The largest absolute Gasteiger partial charge is 0.417 e. The van der Waals surface area contributed by atoms with E-state index in [4.69, 9.17) is 5.26 Å². The minimum atomic E-state index is -4.77. The topological polar surface area (TPSA) is 81.4 Å². The monoisotopic (exact) mass is 360 g/mol. The van der Waals surface area contributed by atoms with Crippen molar-refractivity contribution in [1.82, 2.24) is 0 Å². The van der Waals surface area contributed by atoms with Crippen molar-refractivity contribution >= 4 is 15.7 Å². The summed E-state index contributed by atoms with van der Waals surface area (Å²) < 4.78 is 65.0. The molecular weight excluding hydrogens is 345 g/mol. The maximum Gasteiger partial charge on any atom is 0.417 e. The highest BCUT2D eigenvalue weighted by molar-refractivity contribution is 7.93. The molecule has 1 fully saturated rings. The second-order valence-corrected chi connectivity index (χ2v) is 7.38. The molecule has 0 radical (unpaired) electrons. The minimum Gasteiger partial charge on any atom is -0.388 e. The molecule has 0 saturated carbocycles. The average molecular weight is 360 g/mol. The highest BCUT2D eigenvalue weighted by atomic mass is 32.2. The van der Waals surface area contributed by atoms with E-state index in [1.165, 1.54) is 18.2 Å². The number of hydrogen-bond acceptors (Lipinski definition) is 4. The van der Waals surface area contributed by atoms with E-state index in [0.29, 0.717) is 6.07 Å². The van der Waals surface area contributed by atoms with E-state index in [1.807, 2.05) is 0 Å². The summed E-state index contributed by atoms with van der Waals surface area (Å²) in [6.07, 6.45) is -3.08. The van der Waals surface area contributed by atoms with Gasteiger partial charge in [-0.1, -0.05) is 12.2 Å². The molecule has 130 valence electrons. The van der Waals surface area contributed by atoms with Crippen molar-refractivity contribution in [2.75, 3.05) is 10.8 Å². The van der Waals surface area contributed by atoms with E-state index < -0.39 is 38.7 Å². The zero-order chi connectivity index (χ0) is 18.1. The van der Waals surface area contributed by atoms with Crippen molar-refractivity contribution in [3.05, 3.63) is 41.5 Å². The van der Waals surface area contributed by atoms with Gasteiger partial charge in [-0.15, -0.1) is 0 Å². The molecule has 1 aliphatic heterocycles. The summed E-state index contributed by atoms with van der Waals surface area (Å²) in [6.45, 7) is 1.59. The van der Waals surface area contributed by atoms with E-state index in [2.05, 4.69) is 0 Å². The summed E-state index contributed by atoms with van der Waals surface area (Å²) in [5.41, 5.74) is -1.93. The molecule has 1 N–H and O–H groups in total. The zero-order valence-electron chi connectivity index (χ0n) is 12.7. The number of benzene rings is 1. The average Bonchev–Trinajstić information content (AvgIpc) is 2.81. The summed E-state index contributed by atoms with van der Waals surface area (Å²) in [4.78, 5) is 0. The number of halogens is 3. The molecule has 0 unspecified atom stereocenters. The van der Waals surface area contributed by atoms with E-state index in [9.17, 15) is 26.7 Å². The maximum atomic E-state index is 13.0. The Kier molecular flexibility index (Phi) is 4.92. The van der Waals surface area contributed by atoms with Crippen molar-refractivity contribution < 1.29 is 26.7 Å². The van der Waals surface area contributed by atoms with E-state index in [-0.39, 0.29) is 18.7 Å². The predicted octanol–water partition coefficient (Wildman–Crippen LogP) is 2.42. The van der Waals surface area contributed by atoms with Gasteiger partial charge in [-0.3, -0.25) is 4.31 Å². The molecule has 0 bridgehead atoms. The molecule has 2 atom stereocenters. The van der Waals surface area contributed by atoms with Gasteiger partial charge in [0, 0.05) is 6.54 Å². The fourth-order valence-corrected chi connectivity index (χ4v) is 4.59. The van der Waals surface area contributed by atoms with Crippen LogP contribution in [0.4, 0.5) is 18.9 Å². The number of rotatable bonds is 3. The van der Waals surface area contributed by atoms with Crippen LogP contribution in [-0.4, -0.2) is 31.4 Å². The molecule has 2 rings (SSSR count). The van der Waals surface area contributed by atoms with Gasteiger partial charge in [-0.25, -0.2) is 8.42 Å². The fraction of sp³-hybridized carbons (Fsp3) is 0.400. The lowest BCUT2D eigenvalue weighted by atomic mass is 10.1. The Balaban J connectivity index is 2.45. The van der Waals surface area contributed by atoms with Crippen LogP contribution >= 0.6 is 0 Å². The van der Waals surface area contributed by atoms with Gasteiger partial charge >= 0.3 is 6.18 Å². The van der Waals surface area contributed by atoms with Crippen LogP contribution in [0.2, 0.25) is 0 Å². The lowest BCUT2D eigenvalue weighted by molar-refractivity contribution is -0.137. The third kappa shape index (κ3) is 3.25. The van der Waals surface area contributed by atoms with Crippen LogP contribution in [0, 0.1) is 11.3 Å². The Morgan fingerprint density at radius 3 is 2.67 bits per heavy atom. The molecule has 0 aromatic heterocycles. The number of alkyl halides is 3. The number of hydrogen-bond donors (Lipinski definition) is 1. The van der Waals surface area contributed by atoms with Crippen LogP contribution in [0.1, 0.15) is 24.5 Å². The van der Waals surface area contributed by atoms with Crippen LogP contribution in [0.3, 0.4) is 0 Å². The summed E-state index contributed by atoms with van der Waals surface area (Å²) >= 11 is 0. The smallest absolute Gasteiger partial charge is 0.388 e. The Labute approximate surface area is 137 Å². The Morgan fingerprint density at radius 2 is 2.12 bits per heavy atom. The molecule has 5 nitrogen and oxygen atoms in total. The van der Waals surface area contributed by atoms with E-state index >= 15 is 0 Å². The molecule has 0 spiro atoms. The van der Waals surface area contributed by atoms with Crippen molar-refractivity contribution in [2.45, 2.75) is 30.9 Å². The summed E-state index contributed by atoms with van der Waals surface area (Å²) in [7, 11) is -4.00. The molecule has 1 heterocycles. The zero-order valence-corrected chi connectivity index (χ0v) is 13.5. The van der Waals surface area contributed by atoms with Crippen LogP contribution in [0.15, 0.2) is 30.4 Å². The van der Waals surface area contributed by atoms with Crippen LogP contribution < -0.4 is 4.31 Å². The first-order chi connectivity index (χ1) is 11.1. The standard InChI is InChI=1S/C15H15F3N2O3S/c1-2-3-13(21)14-6-7-20(24(14,22)23)11-5-4-10(9-19)12(8-11)15(16,17)18/h2-5,8,13-14,21H,6-7H2,1H3/b3-2-/t13-,14-/m0/s1. The lowest BCUT2D eigenvalue weighted by Gasteiger charge is -2.21. The Morgan fingerprint density at radius 1 is 1.46 bits per heavy atom. The summed E-state index contributed by atoms with van der Waals surface area (Å²) in [6, 6.07) is 4.21. The Hall–Kier alpha value is -2.05. The molecule has 0 aliphatic carbocycles. The van der Waals surface area contributed by atoms with Gasteiger partial charge in [0.1, 0.15) is 5.25 Å². The second kappa shape index (κ2) is 6.45. The number of sulfonamides is 1. The molecule has 24 heavy (non-hydrogen) atoms. The summed E-state index contributed by atoms with van der Waals surface area (Å²) in [5.74, 6) is 0. The van der Waals surface area contributed by atoms with E-state index in [0.717, 1.165) is 16.4 Å². The van der Waals surface area contributed by atoms with Gasteiger partial charge in [0.05, 0.1) is 29.0 Å². The highest BCUT2D eigenvalue weighted by Crippen LogP contribution is 2.37. The summed E-state index contributed by atoms with van der Waals surface area (Å²) in [5, 5.41) is 17.6. The van der Waals surface area contributed by atoms with Gasteiger partial charge in [0.2, 0.25) is 10.0 Å². The lowest BCUT2D eigenvalue weighted by Crippen LogP contribution is -2.35. The molecule has 1 aromatic rings. The fourth-order valence-electron chi connectivity index (χ4n) is 2.65. The van der Waals surface area contributed by atoms with Gasteiger partial charge in [-0.2, -0.15) is 18.4 Å². The third-order valence-corrected chi connectivity index (χ3v) is 6.08. The first-order valence-corrected chi connectivity index (χ1v) is 8.57. The molecular formula is C15H15F3N2O3S. The molecule has 1 aliphatic rings. The van der Waals surface area contributed by atoms with Gasteiger partial charge < -0.3 is 5.11 Å². The molecule has 0 amide bonds. The third-order valence-electron chi connectivity index (χ3n) is 3.79. The first-order valence-electron chi connectivity index (χ1n) is 7.06. The Bertz CT molecular complexity index is 797. The molecule has 1 aromatic carbocycles. The quantitative estimate of drug-likeness (QED) is 0.840. The minimum absolute atomic E-state index is 0.0369. The second-order valence-electron chi connectivity index (χ2n) is 5.30. The normalized spacial score (nSPS) is 21.8. The van der Waals surface area contributed by atoms with Gasteiger partial charge in [0.15, 0.2) is 0 Å². The van der Waals surface area contributed by atoms with Gasteiger partial charge in [0.25, 0.3) is 0 Å². The number of allylic oxidation sites excluding steroid dienone is 1. The number of nitrogens with zero attached hydrogens (tertiary/aromatic N) is 2. The van der Waals surface area contributed by atoms with Crippen molar-refractivity contribution in [3.63, 3.8) is 0 Å². The number of aliphatic hydroxyl groups excluding tert-OH is 1. The number of aliphatic hydroxyl groups is 1. The van der Waals surface area contributed by atoms with Crippen LogP contribution in [0.25, 0.3) is 0 Å². The van der Waals surface area contributed by atoms with E-state index in [1.54, 1.807) is 6.92 Å². The number of anilines is 1. The van der Waals surface area contributed by atoms with Crippen LogP contribution in [-0.2, 0) is 16.2 Å². The van der Waals surface area contributed by atoms with Crippen molar-refractivity contribution in [3.8, 4) is 6.07 Å². The van der Waals surface area contributed by atoms with Crippen molar-refractivity contribution in [2.24, 2.45) is 0 Å². The van der Waals surface area contributed by atoms with Crippen LogP contribution in [0.5, 0.6) is 0 Å². The highest BCUT2D eigenvalue weighted by Gasteiger charge is 2.43. The van der Waals surface area contributed by atoms with Gasteiger partial charge in [-0.05, 0) is 31.5 Å². The first kappa shape index (κ1) is 18.3.